The number of halogens is 1. The largest absolute Gasteiger partial charge is 0.347 e. The number of rotatable bonds is 3. The number of anilines is 1. The zero-order chi connectivity index (χ0) is 19.8. The van der Waals surface area contributed by atoms with Gasteiger partial charge in [0.25, 0.3) is 11.8 Å². The molecule has 1 aliphatic rings. The Labute approximate surface area is 172 Å². The minimum absolute atomic E-state index is 0.0209. The Morgan fingerprint density at radius 1 is 1.14 bits per heavy atom. The predicted molar refractivity (Wildman–Crippen MR) is 115 cm³/mol. The normalized spacial score (nSPS) is 16.1. The molecular formula is C21H16ClN3O2S. The minimum atomic E-state index is -0.512. The molecule has 5 nitrogen and oxygen atoms in total. The van der Waals surface area contributed by atoms with E-state index in [0.717, 1.165) is 23.0 Å². The Bertz CT molecular complexity index is 1170. The van der Waals surface area contributed by atoms with Crippen molar-refractivity contribution in [2.45, 2.75) is 13.5 Å². The summed E-state index contributed by atoms with van der Waals surface area (Å²) >= 11 is 11.3. The van der Waals surface area contributed by atoms with Crippen LogP contribution in [0.15, 0.2) is 60.3 Å². The van der Waals surface area contributed by atoms with E-state index in [1.807, 2.05) is 37.4 Å². The maximum absolute atomic E-state index is 13.1. The van der Waals surface area contributed by atoms with E-state index in [1.54, 1.807) is 30.3 Å². The molecule has 0 aliphatic carbocycles. The number of hydrogen-bond donors (Lipinski definition) is 1. The van der Waals surface area contributed by atoms with E-state index in [9.17, 15) is 9.59 Å². The smallest absolute Gasteiger partial charge is 0.270 e. The van der Waals surface area contributed by atoms with Gasteiger partial charge in [0.15, 0.2) is 5.11 Å². The number of fused-ring (bicyclic) bond motifs is 1. The first-order valence-corrected chi connectivity index (χ1v) is 9.53. The molecule has 1 aromatic heterocycles. The van der Waals surface area contributed by atoms with Crippen molar-refractivity contribution in [2.75, 3.05) is 4.90 Å². The molecule has 1 saturated heterocycles. The van der Waals surface area contributed by atoms with Gasteiger partial charge >= 0.3 is 0 Å². The van der Waals surface area contributed by atoms with Crippen LogP contribution in [0.1, 0.15) is 12.5 Å². The monoisotopic (exact) mass is 409 g/mol. The number of aryl methyl sites for hydroxylation is 1. The number of aromatic nitrogens is 1. The van der Waals surface area contributed by atoms with Crippen molar-refractivity contribution in [3.63, 3.8) is 0 Å². The molecule has 4 rings (SSSR count). The molecule has 2 aromatic carbocycles. The molecule has 28 heavy (non-hydrogen) atoms. The Hall–Kier alpha value is -2.96. The Kier molecular flexibility index (Phi) is 4.75. The highest BCUT2D eigenvalue weighted by atomic mass is 35.5. The summed E-state index contributed by atoms with van der Waals surface area (Å²) in [4.78, 5) is 26.9. The number of thiocarbonyl (C=S) groups is 1. The molecule has 7 heteroatoms. The summed E-state index contributed by atoms with van der Waals surface area (Å²) in [5.74, 6) is -0.994. The third-order valence-corrected chi connectivity index (χ3v) is 5.15. The maximum Gasteiger partial charge on any atom is 0.270 e. The molecule has 0 saturated carbocycles. The highest BCUT2D eigenvalue weighted by Gasteiger charge is 2.34. The van der Waals surface area contributed by atoms with Crippen molar-refractivity contribution in [2.24, 2.45) is 0 Å². The lowest BCUT2D eigenvalue weighted by Gasteiger charge is -2.29. The second-order valence-corrected chi connectivity index (χ2v) is 7.15. The zero-order valence-corrected chi connectivity index (χ0v) is 16.6. The fourth-order valence-electron chi connectivity index (χ4n) is 3.31. The summed E-state index contributed by atoms with van der Waals surface area (Å²) < 4.78 is 2.08. The lowest BCUT2D eigenvalue weighted by Crippen LogP contribution is -2.54. The van der Waals surface area contributed by atoms with Gasteiger partial charge in [-0.2, -0.15) is 0 Å². The Morgan fingerprint density at radius 2 is 1.93 bits per heavy atom. The standard InChI is InChI=1S/C21H16ClN3O2S/c1-2-24-12-13(16-8-3-4-9-18(16)24)10-17-19(26)23-21(28)25(20(17)27)15-7-5-6-14(22)11-15/h3-12H,2H2,1H3,(H,23,26,28). The first kappa shape index (κ1) is 18.4. The molecule has 0 radical (unpaired) electrons. The Balaban J connectivity index is 1.82. The van der Waals surface area contributed by atoms with E-state index in [0.29, 0.717) is 10.7 Å². The molecule has 140 valence electrons. The van der Waals surface area contributed by atoms with Crippen molar-refractivity contribution in [1.29, 1.82) is 0 Å². The maximum atomic E-state index is 13.1. The number of amides is 2. The van der Waals surface area contributed by atoms with Gasteiger partial charge in [-0.3, -0.25) is 19.8 Å². The first-order valence-electron chi connectivity index (χ1n) is 8.74. The summed E-state index contributed by atoms with van der Waals surface area (Å²) in [6, 6.07) is 14.6. The Morgan fingerprint density at radius 3 is 2.68 bits per heavy atom. The second-order valence-electron chi connectivity index (χ2n) is 6.33. The number of nitrogens with one attached hydrogen (secondary N) is 1. The lowest BCUT2D eigenvalue weighted by molar-refractivity contribution is -0.122. The number of nitrogens with zero attached hydrogens (tertiary/aromatic N) is 2. The predicted octanol–water partition coefficient (Wildman–Crippen LogP) is 4.15. The number of carbonyl (C=O) groups is 2. The van der Waals surface area contributed by atoms with E-state index in [4.69, 9.17) is 23.8 Å². The third kappa shape index (κ3) is 3.10. The van der Waals surface area contributed by atoms with Crippen molar-refractivity contribution < 1.29 is 9.59 Å². The molecule has 0 unspecified atom stereocenters. The van der Waals surface area contributed by atoms with Gasteiger partial charge in [0, 0.05) is 34.2 Å². The van der Waals surface area contributed by atoms with Crippen molar-refractivity contribution in [3.05, 3.63) is 70.9 Å². The summed E-state index contributed by atoms with van der Waals surface area (Å²) in [6.45, 7) is 2.82. The van der Waals surface area contributed by atoms with Crippen LogP contribution in [0.2, 0.25) is 5.02 Å². The van der Waals surface area contributed by atoms with E-state index in [1.165, 1.54) is 4.90 Å². The van der Waals surface area contributed by atoms with Crippen LogP contribution < -0.4 is 10.2 Å². The number of carbonyl (C=O) groups excluding carboxylic acids is 2. The van der Waals surface area contributed by atoms with Gasteiger partial charge in [0.1, 0.15) is 5.57 Å². The third-order valence-electron chi connectivity index (χ3n) is 4.63. The van der Waals surface area contributed by atoms with E-state index >= 15 is 0 Å². The number of para-hydroxylation sites is 1. The van der Waals surface area contributed by atoms with Gasteiger partial charge in [-0.1, -0.05) is 35.9 Å². The SMILES string of the molecule is CCn1cc(C=C2C(=O)NC(=S)N(c3cccc(Cl)c3)C2=O)c2ccccc21. The van der Waals surface area contributed by atoms with Crippen LogP contribution in [0.25, 0.3) is 17.0 Å². The molecule has 0 spiro atoms. The molecule has 1 aliphatic heterocycles. The summed E-state index contributed by atoms with van der Waals surface area (Å²) in [6.07, 6.45) is 3.56. The van der Waals surface area contributed by atoms with E-state index in [-0.39, 0.29) is 10.7 Å². The molecule has 0 bridgehead atoms. The van der Waals surface area contributed by atoms with Crippen LogP contribution in [0, 0.1) is 0 Å². The number of hydrogen-bond acceptors (Lipinski definition) is 3. The van der Waals surface area contributed by atoms with Crippen molar-refractivity contribution in [3.8, 4) is 0 Å². The second kappa shape index (κ2) is 7.22. The molecule has 1 fully saturated rings. The van der Waals surface area contributed by atoms with E-state index in [2.05, 4.69) is 9.88 Å². The van der Waals surface area contributed by atoms with E-state index < -0.39 is 11.8 Å². The molecular weight excluding hydrogens is 394 g/mol. The van der Waals surface area contributed by atoms with Crippen LogP contribution in [0.5, 0.6) is 0 Å². The van der Waals surface area contributed by atoms with Crippen LogP contribution in [-0.4, -0.2) is 21.5 Å². The molecule has 0 atom stereocenters. The van der Waals surface area contributed by atoms with Crippen LogP contribution in [0.4, 0.5) is 5.69 Å². The summed E-state index contributed by atoms with van der Waals surface area (Å²) in [7, 11) is 0. The van der Waals surface area contributed by atoms with Crippen molar-refractivity contribution in [1.82, 2.24) is 9.88 Å². The van der Waals surface area contributed by atoms with Gasteiger partial charge in [0.2, 0.25) is 0 Å². The molecule has 1 N–H and O–H groups in total. The quantitative estimate of drug-likeness (QED) is 0.401. The van der Waals surface area contributed by atoms with Crippen molar-refractivity contribution >= 4 is 63.4 Å². The minimum Gasteiger partial charge on any atom is -0.347 e. The average molecular weight is 410 g/mol. The van der Waals surface area contributed by atoms with Crippen LogP contribution >= 0.6 is 23.8 Å². The highest BCUT2D eigenvalue weighted by molar-refractivity contribution is 7.80. The lowest BCUT2D eigenvalue weighted by atomic mass is 10.1. The topological polar surface area (TPSA) is 54.3 Å². The average Bonchev–Trinajstić information content (AvgIpc) is 3.03. The molecule has 2 amide bonds. The molecule has 2 heterocycles. The number of benzene rings is 2. The summed E-state index contributed by atoms with van der Waals surface area (Å²) in [5.41, 5.74) is 2.37. The van der Waals surface area contributed by atoms with Gasteiger partial charge in [0.05, 0.1) is 5.69 Å². The van der Waals surface area contributed by atoms with Gasteiger partial charge in [-0.25, -0.2) is 0 Å². The van der Waals surface area contributed by atoms with Gasteiger partial charge in [-0.05, 0) is 49.5 Å². The first-order chi connectivity index (χ1) is 13.5. The molecule has 3 aromatic rings. The fourth-order valence-corrected chi connectivity index (χ4v) is 3.78. The zero-order valence-electron chi connectivity index (χ0n) is 15.0. The van der Waals surface area contributed by atoms with Gasteiger partial charge in [-0.15, -0.1) is 0 Å². The van der Waals surface area contributed by atoms with Gasteiger partial charge < -0.3 is 4.57 Å². The van der Waals surface area contributed by atoms with Crippen LogP contribution in [0.3, 0.4) is 0 Å². The van der Waals surface area contributed by atoms with Crippen LogP contribution in [-0.2, 0) is 16.1 Å². The summed E-state index contributed by atoms with van der Waals surface area (Å²) in [5, 5.41) is 4.07. The highest BCUT2D eigenvalue weighted by Crippen LogP contribution is 2.27. The fraction of sp³-hybridized carbons (Fsp3) is 0.0952.